The molecule has 0 N–H and O–H groups in total. The Morgan fingerprint density at radius 1 is 1.42 bits per heavy atom. The van der Waals surface area contributed by atoms with Gasteiger partial charge in [-0.1, -0.05) is 24.0 Å². The summed E-state index contributed by atoms with van der Waals surface area (Å²) >= 11 is 7.11. The highest BCUT2D eigenvalue weighted by Gasteiger charge is 2.14. The van der Waals surface area contributed by atoms with E-state index in [0.29, 0.717) is 0 Å². The standard InChI is InChI=1S/C13H19N3OS2/c1-10-8-12(17)15(2)14-11(10)9-19-13(18)16-6-4-3-5-7-16/h8H,3-7,9H2,1-2H3. The van der Waals surface area contributed by atoms with E-state index in [1.165, 1.54) is 23.9 Å². The molecule has 6 heteroatoms. The van der Waals surface area contributed by atoms with Crippen LogP contribution < -0.4 is 5.56 Å². The zero-order valence-electron chi connectivity index (χ0n) is 11.4. The van der Waals surface area contributed by atoms with Crippen LogP contribution in [0.2, 0.25) is 0 Å². The summed E-state index contributed by atoms with van der Waals surface area (Å²) in [6.07, 6.45) is 3.78. The summed E-state index contributed by atoms with van der Waals surface area (Å²) in [6, 6.07) is 1.63. The number of aromatic nitrogens is 2. The molecule has 0 aliphatic carbocycles. The van der Waals surface area contributed by atoms with Crippen molar-refractivity contribution >= 4 is 28.3 Å². The molecule has 0 unspecified atom stereocenters. The lowest BCUT2D eigenvalue weighted by atomic mass is 10.1. The first-order valence-corrected chi connectivity index (χ1v) is 7.93. The van der Waals surface area contributed by atoms with Gasteiger partial charge in [-0.3, -0.25) is 4.79 Å². The van der Waals surface area contributed by atoms with Crippen molar-refractivity contribution in [3.63, 3.8) is 0 Å². The molecular formula is C13H19N3OS2. The van der Waals surface area contributed by atoms with Crippen molar-refractivity contribution in [1.82, 2.24) is 14.7 Å². The summed E-state index contributed by atoms with van der Waals surface area (Å²) in [6.45, 7) is 4.07. The van der Waals surface area contributed by atoms with Crippen molar-refractivity contribution in [3.05, 3.63) is 27.7 Å². The number of hydrogen-bond acceptors (Lipinski definition) is 4. The van der Waals surface area contributed by atoms with Crippen molar-refractivity contribution < 1.29 is 0 Å². The third-order valence-corrected chi connectivity index (χ3v) is 4.87. The first-order valence-electron chi connectivity index (χ1n) is 6.53. The Kier molecular flexibility index (Phi) is 4.99. The second kappa shape index (κ2) is 6.52. The van der Waals surface area contributed by atoms with Gasteiger partial charge in [0.1, 0.15) is 4.32 Å². The maximum Gasteiger partial charge on any atom is 0.266 e. The molecule has 0 aromatic carbocycles. The van der Waals surface area contributed by atoms with E-state index in [9.17, 15) is 4.79 Å². The Labute approximate surface area is 123 Å². The molecule has 2 rings (SSSR count). The van der Waals surface area contributed by atoms with Crippen LogP contribution in [0.25, 0.3) is 0 Å². The van der Waals surface area contributed by atoms with Crippen molar-refractivity contribution in [2.45, 2.75) is 31.9 Å². The smallest absolute Gasteiger partial charge is 0.266 e. The topological polar surface area (TPSA) is 38.1 Å². The van der Waals surface area contributed by atoms with Gasteiger partial charge in [0.25, 0.3) is 5.56 Å². The molecule has 1 fully saturated rings. The van der Waals surface area contributed by atoms with Crippen molar-refractivity contribution in [2.75, 3.05) is 13.1 Å². The molecule has 4 nitrogen and oxygen atoms in total. The quantitative estimate of drug-likeness (QED) is 0.782. The maximum atomic E-state index is 11.4. The molecule has 1 aromatic rings. The van der Waals surface area contributed by atoms with Gasteiger partial charge in [-0.05, 0) is 31.7 Å². The number of aryl methyl sites for hydroxylation is 2. The van der Waals surface area contributed by atoms with E-state index >= 15 is 0 Å². The van der Waals surface area contributed by atoms with Gasteiger partial charge in [0.2, 0.25) is 0 Å². The summed E-state index contributed by atoms with van der Waals surface area (Å²) in [5.41, 5.74) is 1.81. The van der Waals surface area contributed by atoms with Crippen LogP contribution >= 0.6 is 24.0 Å². The first kappa shape index (κ1) is 14.5. The SMILES string of the molecule is Cc1cc(=O)n(C)nc1CSC(=S)N1CCCCC1. The predicted molar refractivity (Wildman–Crippen MR) is 83.5 cm³/mol. The van der Waals surface area contributed by atoms with Gasteiger partial charge in [0.05, 0.1) is 5.69 Å². The van der Waals surface area contributed by atoms with Crippen LogP contribution in [0.5, 0.6) is 0 Å². The van der Waals surface area contributed by atoms with Crippen LogP contribution in [-0.4, -0.2) is 32.1 Å². The molecule has 2 heterocycles. The molecule has 19 heavy (non-hydrogen) atoms. The first-order chi connectivity index (χ1) is 9.08. The number of likely N-dealkylation sites (tertiary alicyclic amines) is 1. The molecule has 1 aliphatic heterocycles. The Hall–Kier alpha value is -0.880. The average Bonchev–Trinajstić information content (AvgIpc) is 2.42. The number of nitrogens with zero attached hydrogens (tertiary/aromatic N) is 3. The molecule has 1 saturated heterocycles. The fourth-order valence-corrected chi connectivity index (χ4v) is 3.38. The summed E-state index contributed by atoms with van der Waals surface area (Å²) in [4.78, 5) is 13.7. The Morgan fingerprint density at radius 2 is 2.11 bits per heavy atom. The van der Waals surface area contributed by atoms with E-state index in [1.807, 2.05) is 6.92 Å². The van der Waals surface area contributed by atoms with Gasteiger partial charge in [0.15, 0.2) is 0 Å². The second-order valence-corrected chi connectivity index (χ2v) is 6.45. The lowest BCUT2D eigenvalue weighted by Gasteiger charge is -2.28. The zero-order valence-corrected chi connectivity index (χ0v) is 13.0. The van der Waals surface area contributed by atoms with Gasteiger partial charge in [-0.25, -0.2) is 4.68 Å². The van der Waals surface area contributed by atoms with Crippen LogP contribution in [0.1, 0.15) is 30.5 Å². The number of hydrogen-bond donors (Lipinski definition) is 0. The second-order valence-electron chi connectivity index (χ2n) is 4.84. The van der Waals surface area contributed by atoms with E-state index in [2.05, 4.69) is 10.00 Å². The largest absolute Gasteiger partial charge is 0.358 e. The number of thiocarbonyl (C=S) groups is 1. The highest BCUT2D eigenvalue weighted by atomic mass is 32.2. The number of rotatable bonds is 2. The summed E-state index contributed by atoms with van der Waals surface area (Å²) in [5.74, 6) is 0.731. The molecule has 0 saturated carbocycles. The van der Waals surface area contributed by atoms with E-state index in [-0.39, 0.29) is 5.56 Å². The molecule has 1 aliphatic rings. The fourth-order valence-electron chi connectivity index (χ4n) is 2.11. The van der Waals surface area contributed by atoms with Crippen LogP contribution in [0, 0.1) is 6.92 Å². The van der Waals surface area contributed by atoms with Crippen LogP contribution in [-0.2, 0) is 12.8 Å². The molecule has 0 spiro atoms. The van der Waals surface area contributed by atoms with Gasteiger partial charge in [-0.15, -0.1) is 0 Å². The molecule has 0 amide bonds. The minimum absolute atomic E-state index is 0.0649. The monoisotopic (exact) mass is 297 g/mol. The average molecular weight is 297 g/mol. The van der Waals surface area contributed by atoms with E-state index in [0.717, 1.165) is 34.4 Å². The zero-order chi connectivity index (χ0) is 13.8. The van der Waals surface area contributed by atoms with Crippen molar-refractivity contribution in [1.29, 1.82) is 0 Å². The Balaban J connectivity index is 1.96. The third-order valence-electron chi connectivity index (χ3n) is 3.33. The van der Waals surface area contributed by atoms with Crippen LogP contribution in [0.4, 0.5) is 0 Å². The highest BCUT2D eigenvalue weighted by molar-refractivity contribution is 8.22. The maximum absolute atomic E-state index is 11.4. The van der Waals surface area contributed by atoms with E-state index in [1.54, 1.807) is 24.9 Å². The Morgan fingerprint density at radius 3 is 2.79 bits per heavy atom. The van der Waals surface area contributed by atoms with Gasteiger partial charge < -0.3 is 4.90 Å². The Bertz CT molecular complexity index is 521. The normalized spacial score (nSPS) is 15.6. The predicted octanol–water partition coefficient (Wildman–Crippen LogP) is 2.09. The lowest BCUT2D eigenvalue weighted by Crippen LogP contribution is -2.32. The van der Waals surface area contributed by atoms with E-state index < -0.39 is 0 Å². The number of piperidine rings is 1. The van der Waals surface area contributed by atoms with Crippen LogP contribution in [0.15, 0.2) is 10.9 Å². The molecule has 0 atom stereocenters. The van der Waals surface area contributed by atoms with Crippen LogP contribution in [0.3, 0.4) is 0 Å². The van der Waals surface area contributed by atoms with Gasteiger partial charge >= 0.3 is 0 Å². The lowest BCUT2D eigenvalue weighted by molar-refractivity contribution is 0.352. The molecule has 1 aromatic heterocycles. The molecule has 0 bridgehead atoms. The van der Waals surface area contributed by atoms with Gasteiger partial charge in [-0.2, -0.15) is 5.10 Å². The van der Waals surface area contributed by atoms with Gasteiger partial charge in [0, 0.05) is 32.0 Å². The molecule has 0 radical (unpaired) electrons. The number of thioether (sulfide) groups is 1. The minimum atomic E-state index is -0.0649. The third kappa shape index (κ3) is 3.79. The van der Waals surface area contributed by atoms with Crippen molar-refractivity contribution in [3.8, 4) is 0 Å². The fraction of sp³-hybridized carbons (Fsp3) is 0.615. The summed E-state index contributed by atoms with van der Waals surface area (Å²) in [5, 5.41) is 4.29. The summed E-state index contributed by atoms with van der Waals surface area (Å²) < 4.78 is 2.34. The highest BCUT2D eigenvalue weighted by Crippen LogP contribution is 2.20. The molecular weight excluding hydrogens is 278 g/mol. The van der Waals surface area contributed by atoms with E-state index in [4.69, 9.17) is 12.2 Å². The summed E-state index contributed by atoms with van der Waals surface area (Å²) in [7, 11) is 1.68. The van der Waals surface area contributed by atoms with Crippen molar-refractivity contribution in [2.24, 2.45) is 7.05 Å². The molecule has 104 valence electrons. The minimum Gasteiger partial charge on any atom is -0.358 e.